The first-order valence-electron chi connectivity index (χ1n) is 5.58. The van der Waals surface area contributed by atoms with Crippen LogP contribution >= 0.6 is 23.4 Å². The van der Waals surface area contributed by atoms with E-state index in [1.54, 1.807) is 0 Å². The lowest BCUT2D eigenvalue weighted by Gasteiger charge is -2.19. The van der Waals surface area contributed by atoms with Gasteiger partial charge in [-0.05, 0) is 31.2 Å². The van der Waals surface area contributed by atoms with Gasteiger partial charge in [-0.25, -0.2) is 4.98 Å². The van der Waals surface area contributed by atoms with Gasteiger partial charge in [-0.1, -0.05) is 24.6 Å². The first-order chi connectivity index (χ1) is 7.63. The Labute approximate surface area is 107 Å². The van der Waals surface area contributed by atoms with Crippen LogP contribution in [0.1, 0.15) is 32.4 Å². The standard InChI is InChI=1S/C12H19ClN2S/c1-4-16-8-9(2)15-10(3)11-5-6-12(13)14-7-11/h5-7,9-10,15H,4,8H2,1-3H3. The van der Waals surface area contributed by atoms with Gasteiger partial charge in [0.25, 0.3) is 0 Å². The number of aromatic nitrogens is 1. The molecule has 0 aliphatic rings. The third-order valence-corrected chi connectivity index (χ3v) is 3.72. The van der Waals surface area contributed by atoms with Gasteiger partial charge in [0.15, 0.2) is 0 Å². The van der Waals surface area contributed by atoms with Crippen LogP contribution in [-0.4, -0.2) is 22.5 Å². The van der Waals surface area contributed by atoms with Gasteiger partial charge in [-0.2, -0.15) is 11.8 Å². The molecule has 0 saturated heterocycles. The van der Waals surface area contributed by atoms with Crippen LogP contribution in [0.25, 0.3) is 0 Å². The summed E-state index contributed by atoms with van der Waals surface area (Å²) in [6, 6.07) is 4.68. The maximum absolute atomic E-state index is 5.76. The lowest BCUT2D eigenvalue weighted by Crippen LogP contribution is -2.30. The highest BCUT2D eigenvalue weighted by molar-refractivity contribution is 7.99. The molecule has 90 valence electrons. The second kappa shape index (κ2) is 7.15. The minimum Gasteiger partial charge on any atom is -0.307 e. The number of pyridine rings is 1. The summed E-state index contributed by atoms with van der Waals surface area (Å²) in [5, 5.41) is 4.09. The predicted octanol–water partition coefficient (Wildman–Crippen LogP) is 3.53. The van der Waals surface area contributed by atoms with Crippen LogP contribution in [0.3, 0.4) is 0 Å². The lowest BCUT2D eigenvalue weighted by molar-refractivity contribution is 0.510. The second-order valence-corrected chi connectivity index (χ2v) is 5.57. The summed E-state index contributed by atoms with van der Waals surface area (Å²) in [6.45, 7) is 6.55. The van der Waals surface area contributed by atoms with Crippen molar-refractivity contribution in [3.8, 4) is 0 Å². The minimum atomic E-state index is 0.317. The van der Waals surface area contributed by atoms with E-state index in [9.17, 15) is 0 Å². The number of halogens is 1. The summed E-state index contributed by atoms with van der Waals surface area (Å²) < 4.78 is 0. The molecule has 0 aromatic carbocycles. The van der Waals surface area contributed by atoms with Crippen LogP contribution in [0.15, 0.2) is 18.3 Å². The monoisotopic (exact) mass is 258 g/mol. The summed E-state index contributed by atoms with van der Waals surface area (Å²) in [5.74, 6) is 2.31. The van der Waals surface area contributed by atoms with Crippen molar-refractivity contribution in [1.29, 1.82) is 0 Å². The zero-order valence-corrected chi connectivity index (χ0v) is 11.6. The second-order valence-electron chi connectivity index (χ2n) is 3.86. The molecule has 1 N–H and O–H groups in total. The Hall–Kier alpha value is -0.250. The summed E-state index contributed by atoms with van der Waals surface area (Å²) in [5.41, 5.74) is 1.18. The van der Waals surface area contributed by atoms with Crippen molar-refractivity contribution in [2.45, 2.75) is 32.9 Å². The molecule has 4 heteroatoms. The molecule has 0 amide bonds. The van der Waals surface area contributed by atoms with Crippen molar-refractivity contribution in [3.05, 3.63) is 29.0 Å². The Kier molecular flexibility index (Phi) is 6.17. The molecule has 0 fully saturated rings. The first kappa shape index (κ1) is 13.8. The van der Waals surface area contributed by atoms with Gasteiger partial charge < -0.3 is 5.32 Å². The van der Waals surface area contributed by atoms with Crippen molar-refractivity contribution in [1.82, 2.24) is 10.3 Å². The first-order valence-corrected chi connectivity index (χ1v) is 7.12. The Morgan fingerprint density at radius 1 is 1.44 bits per heavy atom. The Morgan fingerprint density at radius 2 is 2.19 bits per heavy atom. The fraction of sp³-hybridized carbons (Fsp3) is 0.583. The molecule has 0 bridgehead atoms. The fourth-order valence-electron chi connectivity index (χ4n) is 1.51. The van der Waals surface area contributed by atoms with E-state index in [1.165, 1.54) is 11.3 Å². The molecule has 0 spiro atoms. The van der Waals surface area contributed by atoms with Gasteiger partial charge in [0, 0.05) is 24.0 Å². The number of hydrogen-bond acceptors (Lipinski definition) is 3. The Morgan fingerprint density at radius 3 is 2.75 bits per heavy atom. The van der Waals surface area contributed by atoms with Gasteiger partial charge >= 0.3 is 0 Å². The van der Waals surface area contributed by atoms with E-state index >= 15 is 0 Å². The number of hydrogen-bond donors (Lipinski definition) is 1. The van der Waals surface area contributed by atoms with Crippen LogP contribution in [0.2, 0.25) is 5.15 Å². The quantitative estimate of drug-likeness (QED) is 0.791. The van der Waals surface area contributed by atoms with Gasteiger partial charge in [-0.15, -0.1) is 0 Å². The van der Waals surface area contributed by atoms with E-state index in [-0.39, 0.29) is 0 Å². The van der Waals surface area contributed by atoms with Crippen LogP contribution in [0.4, 0.5) is 0 Å². The van der Waals surface area contributed by atoms with E-state index in [0.29, 0.717) is 17.2 Å². The molecule has 1 aromatic heterocycles. The number of thioether (sulfide) groups is 1. The van der Waals surface area contributed by atoms with E-state index in [2.05, 4.69) is 31.1 Å². The number of nitrogens with zero attached hydrogens (tertiary/aromatic N) is 1. The molecule has 0 saturated carbocycles. The van der Waals surface area contributed by atoms with E-state index in [1.807, 2.05) is 30.1 Å². The van der Waals surface area contributed by atoms with Gasteiger partial charge in [-0.3, -0.25) is 0 Å². The normalized spacial score (nSPS) is 14.8. The number of nitrogens with one attached hydrogen (secondary N) is 1. The van der Waals surface area contributed by atoms with Crippen molar-refractivity contribution < 1.29 is 0 Å². The van der Waals surface area contributed by atoms with E-state index in [4.69, 9.17) is 11.6 Å². The fourth-order valence-corrected chi connectivity index (χ4v) is 2.31. The smallest absolute Gasteiger partial charge is 0.129 e. The molecule has 1 aromatic rings. The average Bonchev–Trinajstić information content (AvgIpc) is 2.27. The van der Waals surface area contributed by atoms with Crippen molar-refractivity contribution in [2.24, 2.45) is 0 Å². The minimum absolute atomic E-state index is 0.317. The van der Waals surface area contributed by atoms with Crippen molar-refractivity contribution >= 4 is 23.4 Å². The Balaban J connectivity index is 2.45. The van der Waals surface area contributed by atoms with Crippen LogP contribution in [-0.2, 0) is 0 Å². The molecule has 1 heterocycles. The molecule has 0 aliphatic carbocycles. The van der Waals surface area contributed by atoms with Crippen LogP contribution in [0.5, 0.6) is 0 Å². The van der Waals surface area contributed by atoms with Gasteiger partial charge in [0.2, 0.25) is 0 Å². The molecular weight excluding hydrogens is 240 g/mol. The highest BCUT2D eigenvalue weighted by atomic mass is 35.5. The largest absolute Gasteiger partial charge is 0.307 e. The Bertz CT molecular complexity index is 302. The zero-order chi connectivity index (χ0) is 12.0. The van der Waals surface area contributed by atoms with E-state index < -0.39 is 0 Å². The van der Waals surface area contributed by atoms with Crippen molar-refractivity contribution in [3.63, 3.8) is 0 Å². The molecule has 0 aliphatic heterocycles. The number of rotatable bonds is 6. The van der Waals surface area contributed by atoms with Crippen molar-refractivity contribution in [2.75, 3.05) is 11.5 Å². The van der Waals surface area contributed by atoms with Crippen LogP contribution in [0, 0.1) is 0 Å². The van der Waals surface area contributed by atoms with Crippen LogP contribution < -0.4 is 5.32 Å². The SMILES string of the molecule is CCSCC(C)NC(C)c1ccc(Cl)nc1. The summed E-state index contributed by atoms with van der Waals surface area (Å²) in [6.07, 6.45) is 1.83. The zero-order valence-electron chi connectivity index (χ0n) is 10.0. The predicted molar refractivity (Wildman–Crippen MR) is 73.3 cm³/mol. The highest BCUT2D eigenvalue weighted by Gasteiger charge is 2.09. The molecular formula is C12H19ClN2S. The van der Waals surface area contributed by atoms with Gasteiger partial charge in [0.05, 0.1) is 0 Å². The molecule has 0 radical (unpaired) electrons. The van der Waals surface area contributed by atoms with E-state index in [0.717, 1.165) is 5.75 Å². The third-order valence-electron chi connectivity index (χ3n) is 2.36. The molecule has 2 unspecified atom stereocenters. The topological polar surface area (TPSA) is 24.9 Å². The van der Waals surface area contributed by atoms with Gasteiger partial charge in [0.1, 0.15) is 5.15 Å². The maximum atomic E-state index is 5.76. The molecule has 16 heavy (non-hydrogen) atoms. The highest BCUT2D eigenvalue weighted by Crippen LogP contribution is 2.14. The summed E-state index contributed by atoms with van der Waals surface area (Å²) in [4.78, 5) is 4.09. The average molecular weight is 259 g/mol. The summed E-state index contributed by atoms with van der Waals surface area (Å²) >= 11 is 7.71. The molecule has 2 nitrogen and oxygen atoms in total. The molecule has 1 rings (SSSR count). The lowest BCUT2D eigenvalue weighted by atomic mass is 10.1. The third kappa shape index (κ3) is 4.73. The molecule has 2 atom stereocenters. The maximum Gasteiger partial charge on any atom is 0.129 e. The summed E-state index contributed by atoms with van der Waals surface area (Å²) in [7, 11) is 0.